The van der Waals surface area contributed by atoms with Crippen LogP contribution in [0.5, 0.6) is 0 Å². The van der Waals surface area contributed by atoms with Gasteiger partial charge in [0.15, 0.2) is 5.69 Å². The first-order valence-electron chi connectivity index (χ1n) is 5.09. The molecule has 0 spiro atoms. The first-order valence-corrected chi connectivity index (χ1v) is 5.09. The van der Waals surface area contributed by atoms with Gasteiger partial charge in [-0.2, -0.15) is 5.26 Å². The van der Waals surface area contributed by atoms with E-state index in [2.05, 4.69) is 11.1 Å². The summed E-state index contributed by atoms with van der Waals surface area (Å²) in [6.45, 7) is 3.42. The van der Waals surface area contributed by atoms with Crippen molar-refractivity contribution in [3.63, 3.8) is 0 Å². The molecular formula is C12H11N3O2. The maximum Gasteiger partial charge on any atom is 0.356 e. The van der Waals surface area contributed by atoms with Crippen LogP contribution in [0.15, 0.2) is 24.4 Å². The van der Waals surface area contributed by atoms with Crippen LogP contribution >= 0.6 is 0 Å². The summed E-state index contributed by atoms with van der Waals surface area (Å²) in [6.07, 6.45) is 1.71. The third-order valence-corrected chi connectivity index (χ3v) is 2.59. The van der Waals surface area contributed by atoms with Crippen LogP contribution < -0.4 is 0 Å². The number of imidazole rings is 1. The Bertz CT molecular complexity index is 635. The summed E-state index contributed by atoms with van der Waals surface area (Å²) < 4.78 is 1.65. The number of carboxylic acids is 1. The second-order valence-electron chi connectivity index (χ2n) is 4.28. The lowest BCUT2D eigenvalue weighted by Crippen LogP contribution is -2.18. The molecule has 17 heavy (non-hydrogen) atoms. The van der Waals surface area contributed by atoms with Crippen LogP contribution in [0.4, 0.5) is 0 Å². The van der Waals surface area contributed by atoms with Gasteiger partial charge in [0, 0.05) is 6.20 Å². The first-order chi connectivity index (χ1) is 7.97. The molecule has 0 radical (unpaired) electrons. The minimum absolute atomic E-state index is 0.0241. The number of aromatic nitrogens is 2. The highest BCUT2D eigenvalue weighted by atomic mass is 16.4. The van der Waals surface area contributed by atoms with Gasteiger partial charge in [-0.3, -0.25) is 0 Å². The van der Waals surface area contributed by atoms with Crippen molar-refractivity contribution in [3.05, 3.63) is 35.9 Å². The Kier molecular flexibility index (Phi) is 2.36. The number of carbonyl (C=O) groups is 1. The van der Waals surface area contributed by atoms with E-state index in [-0.39, 0.29) is 5.69 Å². The van der Waals surface area contributed by atoms with Crippen molar-refractivity contribution in [2.75, 3.05) is 0 Å². The smallest absolute Gasteiger partial charge is 0.356 e. The molecule has 0 aromatic carbocycles. The van der Waals surface area contributed by atoms with Gasteiger partial charge in [-0.15, -0.1) is 0 Å². The molecule has 0 saturated carbocycles. The number of fused-ring (bicyclic) bond motifs is 1. The molecule has 5 heteroatoms. The van der Waals surface area contributed by atoms with Crippen LogP contribution in [0.3, 0.4) is 0 Å². The molecule has 0 aliphatic rings. The normalized spacial score (nSPS) is 11.4. The predicted octanol–water partition coefficient (Wildman–Crippen LogP) is 1.83. The quantitative estimate of drug-likeness (QED) is 0.852. The molecular weight excluding hydrogens is 218 g/mol. The lowest BCUT2D eigenvalue weighted by Gasteiger charge is -2.13. The number of rotatable bonds is 2. The third kappa shape index (κ3) is 1.64. The summed E-state index contributed by atoms with van der Waals surface area (Å²) >= 11 is 0. The Morgan fingerprint density at radius 3 is 2.82 bits per heavy atom. The van der Waals surface area contributed by atoms with Crippen molar-refractivity contribution in [1.82, 2.24) is 9.38 Å². The number of nitriles is 1. The summed E-state index contributed by atoms with van der Waals surface area (Å²) in [5.74, 6) is -0.651. The zero-order valence-electron chi connectivity index (χ0n) is 9.51. The van der Waals surface area contributed by atoms with Crippen LogP contribution in [0, 0.1) is 11.3 Å². The number of carboxylic acid groups (broad SMARTS) is 1. The molecule has 2 aromatic rings. The number of hydrogen-bond donors (Lipinski definition) is 1. The fourth-order valence-corrected chi connectivity index (χ4v) is 1.69. The zero-order valence-corrected chi connectivity index (χ0v) is 9.51. The van der Waals surface area contributed by atoms with Gasteiger partial charge < -0.3 is 9.51 Å². The van der Waals surface area contributed by atoms with E-state index in [1.807, 2.05) is 0 Å². The van der Waals surface area contributed by atoms with E-state index in [9.17, 15) is 4.79 Å². The Balaban J connectivity index is 2.83. The molecule has 1 N–H and O–H groups in total. The summed E-state index contributed by atoms with van der Waals surface area (Å²) in [5, 5.41) is 18.2. The van der Waals surface area contributed by atoms with Gasteiger partial charge in [0.2, 0.25) is 0 Å². The number of hydrogen-bond acceptors (Lipinski definition) is 3. The topological polar surface area (TPSA) is 78.4 Å². The van der Waals surface area contributed by atoms with Crippen LogP contribution in [-0.2, 0) is 5.41 Å². The molecule has 2 rings (SSSR count). The van der Waals surface area contributed by atoms with Gasteiger partial charge >= 0.3 is 5.97 Å². The van der Waals surface area contributed by atoms with Crippen LogP contribution in [0.25, 0.3) is 5.52 Å². The molecule has 0 aliphatic heterocycles. The van der Waals surface area contributed by atoms with E-state index in [0.717, 1.165) is 0 Å². The van der Waals surface area contributed by atoms with Crippen molar-refractivity contribution in [2.24, 2.45) is 0 Å². The van der Waals surface area contributed by atoms with Gasteiger partial charge in [0.05, 0.1) is 11.6 Å². The maximum absolute atomic E-state index is 11.1. The summed E-state index contributed by atoms with van der Waals surface area (Å²) in [5.41, 5.74) is -0.361. The fraction of sp³-hybridized carbons (Fsp3) is 0.250. The van der Waals surface area contributed by atoms with Gasteiger partial charge in [0.25, 0.3) is 0 Å². The molecule has 86 valence electrons. The second kappa shape index (κ2) is 3.59. The number of pyridine rings is 1. The van der Waals surface area contributed by atoms with Crippen LogP contribution in [-0.4, -0.2) is 20.5 Å². The molecule has 0 amide bonds. The van der Waals surface area contributed by atoms with Gasteiger partial charge in [-0.25, -0.2) is 9.78 Å². The minimum Gasteiger partial charge on any atom is -0.476 e. The van der Waals surface area contributed by atoms with Crippen molar-refractivity contribution in [2.45, 2.75) is 19.3 Å². The maximum atomic E-state index is 11.1. The van der Waals surface area contributed by atoms with E-state index in [0.29, 0.717) is 11.3 Å². The molecule has 5 nitrogen and oxygen atoms in total. The SMILES string of the molecule is CC(C)(C#N)c1nc(C(=O)O)c2ccccn12. The van der Waals surface area contributed by atoms with Crippen LogP contribution in [0.2, 0.25) is 0 Å². The van der Waals surface area contributed by atoms with Crippen molar-refractivity contribution in [1.29, 1.82) is 5.26 Å². The zero-order chi connectivity index (χ0) is 12.6. The van der Waals surface area contributed by atoms with Gasteiger partial charge in [0.1, 0.15) is 11.2 Å². The second-order valence-corrected chi connectivity index (χ2v) is 4.28. The van der Waals surface area contributed by atoms with E-state index >= 15 is 0 Å². The van der Waals surface area contributed by atoms with E-state index in [1.165, 1.54) is 0 Å². The highest BCUT2D eigenvalue weighted by Crippen LogP contribution is 2.24. The van der Waals surface area contributed by atoms with Gasteiger partial charge in [-0.1, -0.05) is 6.07 Å². The minimum atomic E-state index is -1.09. The Morgan fingerprint density at radius 2 is 2.24 bits per heavy atom. The Morgan fingerprint density at radius 1 is 1.53 bits per heavy atom. The monoisotopic (exact) mass is 229 g/mol. The highest BCUT2D eigenvalue weighted by molar-refractivity contribution is 5.93. The van der Waals surface area contributed by atoms with Crippen LogP contribution in [0.1, 0.15) is 30.2 Å². The molecule has 0 unspecified atom stereocenters. The van der Waals surface area contributed by atoms with E-state index in [4.69, 9.17) is 10.4 Å². The van der Waals surface area contributed by atoms with E-state index < -0.39 is 11.4 Å². The molecule has 2 aromatic heterocycles. The van der Waals surface area contributed by atoms with Gasteiger partial charge in [-0.05, 0) is 26.0 Å². The standard InChI is InChI=1S/C12H11N3O2/c1-12(2,7-13)11-14-9(10(16)17)8-5-3-4-6-15(8)11/h3-6H,1-2H3,(H,16,17). The highest BCUT2D eigenvalue weighted by Gasteiger charge is 2.28. The summed E-state index contributed by atoms with van der Waals surface area (Å²) in [7, 11) is 0. The number of nitrogens with zero attached hydrogens (tertiary/aromatic N) is 3. The molecule has 0 saturated heterocycles. The summed E-state index contributed by atoms with van der Waals surface area (Å²) in [4.78, 5) is 15.2. The molecule has 0 atom stereocenters. The average molecular weight is 229 g/mol. The molecule has 0 aliphatic carbocycles. The fourth-order valence-electron chi connectivity index (χ4n) is 1.69. The molecule has 2 heterocycles. The summed E-state index contributed by atoms with van der Waals surface area (Å²) in [6, 6.07) is 7.32. The lowest BCUT2D eigenvalue weighted by molar-refractivity contribution is 0.0693. The Labute approximate surface area is 97.9 Å². The number of aromatic carboxylic acids is 1. The predicted molar refractivity (Wildman–Crippen MR) is 60.8 cm³/mol. The first kappa shape index (κ1) is 11.1. The van der Waals surface area contributed by atoms with Crippen molar-refractivity contribution in [3.8, 4) is 6.07 Å². The third-order valence-electron chi connectivity index (χ3n) is 2.59. The van der Waals surface area contributed by atoms with E-state index in [1.54, 1.807) is 42.6 Å². The molecule has 0 fully saturated rings. The van der Waals surface area contributed by atoms with Crippen molar-refractivity contribution < 1.29 is 9.90 Å². The average Bonchev–Trinajstić information content (AvgIpc) is 2.69. The molecule has 0 bridgehead atoms. The largest absolute Gasteiger partial charge is 0.476 e. The van der Waals surface area contributed by atoms with Crippen molar-refractivity contribution >= 4 is 11.5 Å². The Hall–Kier alpha value is -2.35. The lowest BCUT2D eigenvalue weighted by atomic mass is 9.95.